The van der Waals surface area contributed by atoms with Gasteiger partial charge in [-0.3, -0.25) is 0 Å². The highest BCUT2D eigenvalue weighted by Gasteiger charge is 2.44. The molecule has 1 aliphatic rings. The smallest absolute Gasteiger partial charge is 0.382 e. The molecule has 2 nitrogen and oxygen atoms in total. The summed E-state index contributed by atoms with van der Waals surface area (Å²) in [5, 5.41) is 0. The van der Waals surface area contributed by atoms with Crippen LogP contribution >= 0.6 is 15.9 Å². The molecule has 2 rings (SSSR count). The topological polar surface area (TPSA) is 18.5 Å². The summed E-state index contributed by atoms with van der Waals surface area (Å²) in [4.78, 5) is 0. The quantitative estimate of drug-likeness (QED) is 0.729. The van der Waals surface area contributed by atoms with Gasteiger partial charge in [-0.1, -0.05) is 54.9 Å². The zero-order valence-electron chi connectivity index (χ0n) is 9.16. The van der Waals surface area contributed by atoms with Crippen molar-refractivity contribution >= 4 is 28.5 Å². The maximum Gasteiger partial charge on any atom is 0.498 e. The Kier molecular flexibility index (Phi) is 2.93. The molecule has 1 aromatic rings. The molecule has 0 bridgehead atoms. The van der Waals surface area contributed by atoms with Gasteiger partial charge in [0, 0.05) is 9.89 Å². The first kappa shape index (κ1) is 11.2. The van der Waals surface area contributed by atoms with Crippen molar-refractivity contribution in [2.75, 3.05) is 0 Å². The number of hydrogen-bond acceptors (Lipinski definition) is 2. The van der Waals surface area contributed by atoms with Crippen LogP contribution in [0.2, 0.25) is 0 Å². The van der Waals surface area contributed by atoms with Gasteiger partial charge in [-0.25, -0.2) is 0 Å². The number of halogens is 1. The third kappa shape index (κ3) is 2.27. The average molecular weight is 269 g/mol. The third-order valence-corrected chi connectivity index (χ3v) is 3.08. The van der Waals surface area contributed by atoms with E-state index >= 15 is 0 Å². The Morgan fingerprint density at radius 3 is 2.33 bits per heavy atom. The third-order valence-electron chi connectivity index (χ3n) is 2.36. The summed E-state index contributed by atoms with van der Waals surface area (Å²) in [6.07, 6.45) is -0.102. The van der Waals surface area contributed by atoms with E-state index in [1.807, 2.05) is 24.3 Å². The highest BCUT2D eigenvalue weighted by Crippen LogP contribution is 2.31. The zero-order chi connectivity index (χ0) is 11.1. The molecule has 0 spiro atoms. The lowest BCUT2D eigenvalue weighted by Gasteiger charge is -2.42. The van der Waals surface area contributed by atoms with Gasteiger partial charge in [0.15, 0.2) is 0 Å². The van der Waals surface area contributed by atoms with Gasteiger partial charge in [0.1, 0.15) is 6.29 Å². The van der Waals surface area contributed by atoms with Crippen molar-refractivity contribution in [3.05, 3.63) is 28.7 Å². The van der Waals surface area contributed by atoms with Gasteiger partial charge >= 0.3 is 7.12 Å². The molecule has 0 radical (unpaired) electrons. The lowest BCUT2D eigenvalue weighted by atomic mass is 9.74. The molecule has 1 aliphatic heterocycles. The highest BCUT2D eigenvalue weighted by atomic mass is 79.9. The number of rotatable bonds is 1. The summed E-state index contributed by atoms with van der Waals surface area (Å²) in [5.41, 5.74) is 1.09. The molecule has 1 saturated heterocycles. The molecule has 1 aromatic carbocycles. The Morgan fingerprint density at radius 1 is 1.20 bits per heavy atom. The summed E-state index contributed by atoms with van der Waals surface area (Å²) in [6, 6.07) is 7.96. The molecule has 80 valence electrons. The van der Waals surface area contributed by atoms with E-state index in [2.05, 4.69) is 36.7 Å². The van der Waals surface area contributed by atoms with Crippen LogP contribution in [-0.2, 0) is 9.31 Å². The van der Waals surface area contributed by atoms with Gasteiger partial charge in [0.25, 0.3) is 0 Å². The second-order valence-corrected chi connectivity index (χ2v) is 5.68. The van der Waals surface area contributed by atoms with Crippen LogP contribution in [0.5, 0.6) is 0 Å². The van der Waals surface area contributed by atoms with Crippen molar-refractivity contribution in [3.63, 3.8) is 0 Å². The summed E-state index contributed by atoms with van der Waals surface area (Å²) in [5.74, 6) is 0. The van der Waals surface area contributed by atoms with Crippen molar-refractivity contribution in [3.8, 4) is 0 Å². The minimum Gasteiger partial charge on any atom is -0.382 e. The van der Waals surface area contributed by atoms with Crippen LogP contribution in [0.3, 0.4) is 0 Å². The van der Waals surface area contributed by atoms with Crippen molar-refractivity contribution in [2.45, 2.75) is 27.1 Å². The van der Waals surface area contributed by atoms with Gasteiger partial charge in [-0.2, -0.15) is 0 Å². The van der Waals surface area contributed by atoms with E-state index in [1.165, 1.54) is 0 Å². The maximum atomic E-state index is 5.72. The van der Waals surface area contributed by atoms with Crippen LogP contribution in [-0.4, -0.2) is 13.4 Å². The van der Waals surface area contributed by atoms with Crippen molar-refractivity contribution in [1.29, 1.82) is 0 Å². The Hall–Kier alpha value is -0.315. The summed E-state index contributed by atoms with van der Waals surface area (Å²) in [6.45, 7) is 6.32. The molecule has 0 aliphatic carbocycles. The molecule has 15 heavy (non-hydrogen) atoms. The average Bonchev–Trinajstić information content (AvgIpc) is 2.03. The number of hydrogen-bond donors (Lipinski definition) is 0. The fourth-order valence-electron chi connectivity index (χ4n) is 1.46. The van der Waals surface area contributed by atoms with Crippen LogP contribution in [0.1, 0.15) is 20.8 Å². The standard InChI is InChI=1S/C11H14BBrO2/c1-11(2,3)10-14-12(15-10)8-6-4-5-7-9(8)13/h4-7,10H,1-3H3. The largest absolute Gasteiger partial charge is 0.498 e. The molecule has 0 unspecified atom stereocenters. The number of benzene rings is 1. The Labute approximate surface area is 99.2 Å². The van der Waals surface area contributed by atoms with Crippen LogP contribution in [0, 0.1) is 5.41 Å². The first-order chi connectivity index (χ1) is 6.98. The van der Waals surface area contributed by atoms with Gasteiger partial charge in [-0.15, -0.1) is 0 Å². The minimum absolute atomic E-state index is 0.0394. The van der Waals surface area contributed by atoms with Gasteiger partial charge < -0.3 is 9.31 Å². The van der Waals surface area contributed by atoms with E-state index in [1.54, 1.807) is 0 Å². The maximum absolute atomic E-state index is 5.72. The summed E-state index contributed by atoms with van der Waals surface area (Å²) >= 11 is 3.48. The van der Waals surface area contributed by atoms with Crippen molar-refractivity contribution < 1.29 is 9.31 Å². The van der Waals surface area contributed by atoms with Crippen LogP contribution in [0.25, 0.3) is 0 Å². The molecular formula is C11H14BBrO2. The molecule has 0 N–H and O–H groups in total. The van der Waals surface area contributed by atoms with Gasteiger partial charge in [0.05, 0.1) is 0 Å². The fourth-order valence-corrected chi connectivity index (χ4v) is 1.93. The molecule has 0 saturated carbocycles. The molecule has 4 heteroatoms. The Balaban J connectivity index is 2.04. The Bertz CT molecular complexity index is 356. The predicted molar refractivity (Wildman–Crippen MR) is 64.9 cm³/mol. The fraction of sp³-hybridized carbons (Fsp3) is 0.455. The van der Waals surface area contributed by atoms with E-state index in [4.69, 9.17) is 9.31 Å². The van der Waals surface area contributed by atoms with Gasteiger partial charge in [-0.05, 0) is 11.5 Å². The summed E-state index contributed by atoms with van der Waals surface area (Å²) < 4.78 is 12.5. The lowest BCUT2D eigenvalue weighted by molar-refractivity contribution is -0.167. The predicted octanol–water partition coefficient (Wildman–Crippen LogP) is 2.56. The lowest BCUT2D eigenvalue weighted by Crippen LogP contribution is -2.58. The van der Waals surface area contributed by atoms with E-state index in [-0.39, 0.29) is 18.8 Å². The van der Waals surface area contributed by atoms with Crippen LogP contribution in [0.4, 0.5) is 0 Å². The van der Waals surface area contributed by atoms with Gasteiger partial charge in [0.2, 0.25) is 0 Å². The van der Waals surface area contributed by atoms with E-state index < -0.39 is 0 Å². The molecule has 1 fully saturated rings. The first-order valence-electron chi connectivity index (χ1n) is 5.04. The summed E-state index contributed by atoms with van der Waals surface area (Å²) in [7, 11) is -0.218. The second-order valence-electron chi connectivity index (χ2n) is 4.82. The van der Waals surface area contributed by atoms with E-state index in [0.29, 0.717) is 0 Å². The molecule has 0 atom stereocenters. The zero-order valence-corrected chi connectivity index (χ0v) is 10.7. The van der Waals surface area contributed by atoms with E-state index in [0.717, 1.165) is 9.94 Å². The molecule has 1 heterocycles. The Morgan fingerprint density at radius 2 is 1.80 bits per heavy atom. The van der Waals surface area contributed by atoms with Crippen molar-refractivity contribution in [1.82, 2.24) is 0 Å². The van der Waals surface area contributed by atoms with Crippen LogP contribution in [0.15, 0.2) is 28.7 Å². The first-order valence-corrected chi connectivity index (χ1v) is 5.83. The highest BCUT2D eigenvalue weighted by molar-refractivity contribution is 9.10. The normalized spacial score (nSPS) is 17.7. The molecule has 0 aromatic heterocycles. The monoisotopic (exact) mass is 268 g/mol. The SMILES string of the molecule is CC(C)(C)C1OB(c2ccccc2Br)O1. The second kappa shape index (κ2) is 3.93. The minimum atomic E-state index is -0.218. The molecule has 0 amide bonds. The van der Waals surface area contributed by atoms with Crippen molar-refractivity contribution in [2.24, 2.45) is 5.41 Å². The van der Waals surface area contributed by atoms with E-state index in [9.17, 15) is 0 Å². The molecular weight excluding hydrogens is 255 g/mol. The van der Waals surface area contributed by atoms with Crippen LogP contribution < -0.4 is 5.46 Å².